The van der Waals surface area contributed by atoms with E-state index in [0.717, 1.165) is 55.4 Å². The average Bonchev–Trinajstić information content (AvgIpc) is 3.37. The molecule has 0 aliphatic carbocycles. The first kappa shape index (κ1) is 16.0. The second kappa shape index (κ2) is 6.52. The Balaban J connectivity index is 1.41. The van der Waals surface area contributed by atoms with Crippen LogP contribution in [0.15, 0.2) is 29.8 Å². The van der Waals surface area contributed by atoms with E-state index >= 15 is 0 Å². The van der Waals surface area contributed by atoms with Gasteiger partial charge < -0.3 is 14.0 Å². The Morgan fingerprint density at radius 3 is 3.12 bits per heavy atom. The van der Waals surface area contributed by atoms with E-state index in [1.54, 1.807) is 7.11 Å². The minimum absolute atomic E-state index is 0.242. The average molecular weight is 352 g/mol. The van der Waals surface area contributed by atoms with Crippen LogP contribution in [0.1, 0.15) is 36.1 Å². The largest absolute Gasteiger partial charge is 0.489 e. The van der Waals surface area contributed by atoms with E-state index in [1.165, 1.54) is 12.0 Å². The number of hydrogen-bond donors (Lipinski definition) is 0. The highest BCUT2D eigenvalue weighted by Crippen LogP contribution is 2.35. The van der Waals surface area contributed by atoms with Crippen molar-refractivity contribution in [3.05, 3.63) is 47.1 Å². The maximum Gasteiger partial charge on any atom is 0.150 e. The van der Waals surface area contributed by atoms with Crippen molar-refractivity contribution in [2.75, 3.05) is 26.8 Å². The Hall–Kier alpha value is -2.18. The molecule has 6 nitrogen and oxygen atoms in total. The summed E-state index contributed by atoms with van der Waals surface area (Å²) in [5, 5.41) is 8.94. The summed E-state index contributed by atoms with van der Waals surface area (Å²) in [4.78, 5) is 2.48. The van der Waals surface area contributed by atoms with Gasteiger partial charge in [0.1, 0.15) is 18.2 Å². The van der Waals surface area contributed by atoms with Gasteiger partial charge in [-0.2, -0.15) is 0 Å². The van der Waals surface area contributed by atoms with E-state index in [2.05, 4.69) is 37.9 Å². The topological polar surface area (TPSA) is 52.4 Å². The first-order chi connectivity index (χ1) is 12.8. The van der Waals surface area contributed by atoms with Crippen molar-refractivity contribution >= 4 is 6.08 Å². The predicted molar refractivity (Wildman–Crippen MR) is 98.0 cm³/mol. The molecule has 1 aromatic carbocycles. The van der Waals surface area contributed by atoms with Crippen LogP contribution in [-0.4, -0.2) is 52.6 Å². The van der Waals surface area contributed by atoms with Gasteiger partial charge in [0, 0.05) is 38.7 Å². The molecular weight excluding hydrogens is 328 g/mol. The first-order valence-electron chi connectivity index (χ1n) is 9.42. The van der Waals surface area contributed by atoms with E-state index in [9.17, 15) is 0 Å². The lowest BCUT2D eigenvalue weighted by molar-refractivity contribution is 0.109. The maximum absolute atomic E-state index is 5.94. The molecule has 1 saturated heterocycles. The zero-order valence-electron chi connectivity index (χ0n) is 15.1. The summed E-state index contributed by atoms with van der Waals surface area (Å²) >= 11 is 0. The quantitative estimate of drug-likeness (QED) is 0.846. The molecule has 5 rings (SSSR count). The van der Waals surface area contributed by atoms with Crippen molar-refractivity contribution < 1.29 is 9.47 Å². The lowest BCUT2D eigenvalue weighted by atomic mass is 10.1. The van der Waals surface area contributed by atoms with Gasteiger partial charge in [0.15, 0.2) is 5.82 Å². The molecule has 0 unspecified atom stereocenters. The third-order valence-electron chi connectivity index (χ3n) is 5.73. The summed E-state index contributed by atoms with van der Waals surface area (Å²) in [5.41, 5.74) is 2.46. The standard InChI is InChI=1S/C20H24N4O2/c1-25-16-10-17(20-22-21-19-7-4-8-24(19)20)23(12-16)11-14-9-15-5-2-3-6-18(15)26-13-14/h2-3,5-6,9,16-17H,4,7-8,10-13H2,1H3/t16-,17+/m1/s1. The second-order valence-electron chi connectivity index (χ2n) is 7.40. The van der Waals surface area contributed by atoms with Gasteiger partial charge in [-0.05, 0) is 30.6 Å². The lowest BCUT2D eigenvalue weighted by Crippen LogP contribution is -2.30. The maximum atomic E-state index is 5.94. The smallest absolute Gasteiger partial charge is 0.150 e. The Morgan fingerprint density at radius 2 is 2.19 bits per heavy atom. The highest BCUT2D eigenvalue weighted by atomic mass is 16.5. The Morgan fingerprint density at radius 1 is 1.27 bits per heavy atom. The normalized spacial score (nSPS) is 24.9. The van der Waals surface area contributed by atoms with Crippen LogP contribution < -0.4 is 4.74 Å². The number of para-hydroxylation sites is 1. The van der Waals surface area contributed by atoms with Crippen molar-refractivity contribution in [3.63, 3.8) is 0 Å². The van der Waals surface area contributed by atoms with Crippen molar-refractivity contribution in [1.29, 1.82) is 0 Å². The number of rotatable bonds is 4. The SMILES string of the molecule is CO[C@@H]1C[C@@H](c2nnc3n2CCC3)N(CC2=Cc3ccccc3OC2)C1. The van der Waals surface area contributed by atoms with Crippen molar-refractivity contribution in [1.82, 2.24) is 19.7 Å². The van der Waals surface area contributed by atoms with E-state index in [4.69, 9.17) is 9.47 Å². The van der Waals surface area contributed by atoms with E-state index in [-0.39, 0.29) is 12.1 Å². The second-order valence-corrected chi connectivity index (χ2v) is 7.40. The zero-order valence-corrected chi connectivity index (χ0v) is 15.1. The van der Waals surface area contributed by atoms with Crippen LogP contribution in [-0.2, 0) is 17.7 Å². The molecule has 4 heterocycles. The van der Waals surface area contributed by atoms with Gasteiger partial charge in [0.2, 0.25) is 0 Å². The molecule has 0 radical (unpaired) electrons. The lowest BCUT2D eigenvalue weighted by Gasteiger charge is -2.26. The van der Waals surface area contributed by atoms with Crippen LogP contribution >= 0.6 is 0 Å². The molecule has 0 amide bonds. The summed E-state index contributed by atoms with van der Waals surface area (Å²) in [6, 6.07) is 8.47. The highest BCUT2D eigenvalue weighted by Gasteiger charge is 2.37. The molecule has 26 heavy (non-hydrogen) atoms. The van der Waals surface area contributed by atoms with Gasteiger partial charge in [-0.3, -0.25) is 4.90 Å². The van der Waals surface area contributed by atoms with Crippen LogP contribution in [0.4, 0.5) is 0 Å². The van der Waals surface area contributed by atoms with Gasteiger partial charge in [-0.25, -0.2) is 0 Å². The monoisotopic (exact) mass is 352 g/mol. The molecule has 1 aromatic heterocycles. The van der Waals surface area contributed by atoms with Crippen LogP contribution in [0.25, 0.3) is 6.08 Å². The third kappa shape index (κ3) is 2.73. The number of methoxy groups -OCH3 is 1. The Labute approximate surface area is 153 Å². The van der Waals surface area contributed by atoms with E-state index in [0.29, 0.717) is 6.61 Å². The molecule has 0 N–H and O–H groups in total. The number of likely N-dealkylation sites (tertiary alicyclic amines) is 1. The molecule has 3 aliphatic rings. The molecule has 1 fully saturated rings. The molecule has 136 valence electrons. The number of aromatic nitrogens is 3. The van der Waals surface area contributed by atoms with Crippen LogP contribution in [0.5, 0.6) is 5.75 Å². The molecular formula is C20H24N4O2. The van der Waals surface area contributed by atoms with E-state index in [1.807, 2.05) is 12.1 Å². The van der Waals surface area contributed by atoms with Crippen molar-refractivity contribution in [2.45, 2.75) is 38.0 Å². The molecule has 2 atom stereocenters. The third-order valence-corrected chi connectivity index (χ3v) is 5.73. The van der Waals surface area contributed by atoms with Crippen LogP contribution in [0, 0.1) is 0 Å². The van der Waals surface area contributed by atoms with Crippen LogP contribution in [0.3, 0.4) is 0 Å². The fraction of sp³-hybridized carbons (Fsp3) is 0.500. The molecule has 0 saturated carbocycles. The molecule has 0 spiro atoms. The zero-order chi connectivity index (χ0) is 17.5. The molecule has 2 aromatic rings. The molecule has 3 aliphatic heterocycles. The van der Waals surface area contributed by atoms with Gasteiger partial charge in [0.25, 0.3) is 0 Å². The summed E-state index contributed by atoms with van der Waals surface area (Å²) < 4.78 is 13.9. The van der Waals surface area contributed by atoms with Crippen LogP contribution in [0.2, 0.25) is 0 Å². The predicted octanol–water partition coefficient (Wildman–Crippen LogP) is 2.46. The van der Waals surface area contributed by atoms with Gasteiger partial charge in [-0.15, -0.1) is 10.2 Å². The highest BCUT2D eigenvalue weighted by molar-refractivity contribution is 5.62. The van der Waals surface area contributed by atoms with Crippen molar-refractivity contribution in [2.24, 2.45) is 0 Å². The molecule has 0 bridgehead atoms. The fourth-order valence-corrected chi connectivity index (χ4v) is 4.41. The first-order valence-corrected chi connectivity index (χ1v) is 9.42. The summed E-state index contributed by atoms with van der Waals surface area (Å²) in [5.74, 6) is 3.21. The van der Waals surface area contributed by atoms with Crippen molar-refractivity contribution in [3.8, 4) is 5.75 Å². The number of hydrogen-bond acceptors (Lipinski definition) is 5. The summed E-state index contributed by atoms with van der Waals surface area (Å²) in [7, 11) is 1.80. The number of nitrogens with zero attached hydrogens (tertiary/aromatic N) is 4. The minimum Gasteiger partial charge on any atom is -0.489 e. The van der Waals surface area contributed by atoms with E-state index < -0.39 is 0 Å². The summed E-state index contributed by atoms with van der Waals surface area (Å²) in [6.45, 7) is 3.48. The summed E-state index contributed by atoms with van der Waals surface area (Å²) in [6.07, 6.45) is 5.70. The fourth-order valence-electron chi connectivity index (χ4n) is 4.41. The number of aryl methyl sites for hydroxylation is 1. The van der Waals surface area contributed by atoms with Gasteiger partial charge in [-0.1, -0.05) is 18.2 Å². The van der Waals surface area contributed by atoms with Gasteiger partial charge >= 0.3 is 0 Å². The Bertz CT molecular complexity index is 844. The molecule has 6 heteroatoms. The number of fused-ring (bicyclic) bond motifs is 2. The van der Waals surface area contributed by atoms with Gasteiger partial charge in [0.05, 0.1) is 12.1 Å². The minimum atomic E-state index is 0.242. The number of benzene rings is 1. The number of ether oxygens (including phenoxy) is 2. The Kier molecular flexibility index (Phi) is 4.02.